The van der Waals surface area contributed by atoms with Crippen LogP contribution in [0.3, 0.4) is 0 Å². The van der Waals surface area contributed by atoms with Crippen LogP contribution >= 0.6 is 0 Å². The fourth-order valence-corrected chi connectivity index (χ4v) is 1.06. The van der Waals surface area contributed by atoms with Gasteiger partial charge in [-0.05, 0) is 0 Å². The topological polar surface area (TPSA) is 123 Å². The summed E-state index contributed by atoms with van der Waals surface area (Å²) in [6.07, 6.45) is 0. The van der Waals surface area contributed by atoms with Crippen LogP contribution in [0.4, 0.5) is 0 Å². The molecule has 8 heteroatoms. The lowest BCUT2D eigenvalue weighted by molar-refractivity contribution is -0.137. The van der Waals surface area contributed by atoms with Crippen molar-refractivity contribution in [2.24, 2.45) is 0 Å². The molecule has 8 nitrogen and oxygen atoms in total. The molecule has 0 aliphatic rings. The number of aromatic amines is 2. The third-order valence-corrected chi connectivity index (χ3v) is 1.71. The lowest BCUT2D eigenvalue weighted by Gasteiger charge is -2.13. The quantitative estimate of drug-likeness (QED) is 0.563. The minimum Gasteiger partial charge on any atom is -0.480 e. The van der Waals surface area contributed by atoms with Crippen LogP contribution in [-0.2, 0) is 4.79 Å². The standard InChI is InChI=1S/C8H9N3O5/c1-11(3-6(13)14)7(15)4-2-5(12)10-8(16)9-4/h2H,3H2,1H3,(H,13,14)(H2,9,10,12,16). The number of H-pyrrole nitrogens is 2. The first-order chi connectivity index (χ1) is 7.40. The van der Waals surface area contributed by atoms with Crippen molar-refractivity contribution in [2.45, 2.75) is 0 Å². The van der Waals surface area contributed by atoms with Gasteiger partial charge in [-0.3, -0.25) is 19.4 Å². The number of carboxylic acids is 1. The van der Waals surface area contributed by atoms with E-state index in [9.17, 15) is 19.2 Å². The maximum Gasteiger partial charge on any atom is 0.326 e. The van der Waals surface area contributed by atoms with Crippen LogP contribution < -0.4 is 11.2 Å². The zero-order chi connectivity index (χ0) is 12.3. The Kier molecular flexibility index (Phi) is 3.24. The Labute approximate surface area is 88.5 Å². The van der Waals surface area contributed by atoms with E-state index in [0.717, 1.165) is 11.0 Å². The maximum atomic E-state index is 11.5. The van der Waals surface area contributed by atoms with Crippen molar-refractivity contribution in [2.75, 3.05) is 13.6 Å². The van der Waals surface area contributed by atoms with Gasteiger partial charge in [0.25, 0.3) is 11.5 Å². The van der Waals surface area contributed by atoms with E-state index < -0.39 is 29.7 Å². The Morgan fingerprint density at radius 2 is 2.00 bits per heavy atom. The number of likely N-dealkylation sites (N-methyl/N-ethyl adjacent to an activating group) is 1. The van der Waals surface area contributed by atoms with Gasteiger partial charge in [0.05, 0.1) is 0 Å². The summed E-state index contributed by atoms with van der Waals surface area (Å²) in [7, 11) is 1.25. The molecule has 0 aliphatic carbocycles. The fourth-order valence-electron chi connectivity index (χ4n) is 1.06. The van der Waals surface area contributed by atoms with Crippen LogP contribution in [-0.4, -0.2) is 45.4 Å². The van der Waals surface area contributed by atoms with Crippen molar-refractivity contribution in [1.29, 1.82) is 0 Å². The molecule has 3 N–H and O–H groups in total. The predicted molar refractivity (Wildman–Crippen MR) is 52.3 cm³/mol. The highest BCUT2D eigenvalue weighted by molar-refractivity contribution is 5.93. The second-order valence-corrected chi connectivity index (χ2v) is 3.06. The first kappa shape index (κ1) is 11.7. The van der Waals surface area contributed by atoms with Gasteiger partial charge in [-0.2, -0.15) is 0 Å². The molecule has 0 aliphatic heterocycles. The van der Waals surface area contributed by atoms with Crippen molar-refractivity contribution < 1.29 is 14.7 Å². The van der Waals surface area contributed by atoms with Gasteiger partial charge in [-0.15, -0.1) is 0 Å². The van der Waals surface area contributed by atoms with Crippen LogP contribution in [0.15, 0.2) is 15.7 Å². The number of aliphatic carboxylic acids is 1. The van der Waals surface area contributed by atoms with E-state index in [-0.39, 0.29) is 5.69 Å². The lowest BCUT2D eigenvalue weighted by atomic mass is 10.3. The number of aromatic nitrogens is 2. The molecular formula is C8H9N3O5. The number of nitrogens with one attached hydrogen (secondary N) is 2. The molecule has 1 amide bonds. The molecule has 0 atom stereocenters. The molecule has 1 aromatic heterocycles. The minimum atomic E-state index is -1.19. The predicted octanol–water partition coefficient (Wildman–Crippen LogP) is -1.78. The van der Waals surface area contributed by atoms with E-state index in [4.69, 9.17) is 5.11 Å². The minimum absolute atomic E-state index is 0.252. The molecule has 0 unspecified atom stereocenters. The second kappa shape index (κ2) is 4.43. The highest BCUT2D eigenvalue weighted by atomic mass is 16.4. The summed E-state index contributed by atoms with van der Waals surface area (Å²) in [6, 6.07) is 0.891. The molecule has 0 radical (unpaired) electrons. The monoisotopic (exact) mass is 227 g/mol. The maximum absolute atomic E-state index is 11.5. The van der Waals surface area contributed by atoms with Gasteiger partial charge >= 0.3 is 11.7 Å². The molecule has 1 rings (SSSR count). The third-order valence-electron chi connectivity index (χ3n) is 1.71. The molecule has 0 aromatic carbocycles. The molecule has 0 bridgehead atoms. The number of carbonyl (C=O) groups excluding carboxylic acids is 1. The summed E-state index contributed by atoms with van der Waals surface area (Å²) >= 11 is 0. The van der Waals surface area contributed by atoms with Gasteiger partial charge in [0.2, 0.25) is 0 Å². The molecule has 0 spiro atoms. The van der Waals surface area contributed by atoms with Crippen LogP contribution in [0.2, 0.25) is 0 Å². The van der Waals surface area contributed by atoms with Gasteiger partial charge in [-0.25, -0.2) is 4.79 Å². The van der Waals surface area contributed by atoms with E-state index in [1.165, 1.54) is 7.05 Å². The molecule has 16 heavy (non-hydrogen) atoms. The van der Waals surface area contributed by atoms with E-state index in [1.54, 1.807) is 0 Å². The summed E-state index contributed by atoms with van der Waals surface area (Å²) in [4.78, 5) is 48.5. The highest BCUT2D eigenvalue weighted by Crippen LogP contribution is 1.94. The summed E-state index contributed by atoms with van der Waals surface area (Å²) in [5.74, 6) is -1.94. The molecule has 0 fully saturated rings. The Hall–Kier alpha value is -2.38. The van der Waals surface area contributed by atoms with Crippen molar-refractivity contribution in [1.82, 2.24) is 14.9 Å². The SMILES string of the molecule is CN(CC(=O)O)C(=O)c1cc(=O)[nH]c(=O)[nH]1. The van der Waals surface area contributed by atoms with Gasteiger partial charge in [0, 0.05) is 13.1 Å². The number of hydrogen-bond donors (Lipinski definition) is 3. The van der Waals surface area contributed by atoms with Gasteiger partial charge < -0.3 is 15.0 Å². The summed E-state index contributed by atoms with van der Waals surface area (Å²) in [5, 5.41) is 8.46. The Morgan fingerprint density at radius 3 is 2.50 bits per heavy atom. The van der Waals surface area contributed by atoms with Gasteiger partial charge in [0.1, 0.15) is 12.2 Å². The zero-order valence-electron chi connectivity index (χ0n) is 8.31. The third kappa shape index (κ3) is 2.80. The van der Waals surface area contributed by atoms with Gasteiger partial charge in [-0.1, -0.05) is 0 Å². The molecule has 86 valence electrons. The van der Waals surface area contributed by atoms with Crippen molar-refractivity contribution in [3.05, 3.63) is 32.6 Å². The Balaban J connectivity index is 3.00. The molecule has 0 saturated carbocycles. The first-order valence-electron chi connectivity index (χ1n) is 4.21. The summed E-state index contributed by atoms with van der Waals surface area (Å²) < 4.78 is 0. The molecule has 1 heterocycles. The van der Waals surface area contributed by atoms with Crippen molar-refractivity contribution in [3.63, 3.8) is 0 Å². The number of hydrogen-bond acceptors (Lipinski definition) is 4. The highest BCUT2D eigenvalue weighted by Gasteiger charge is 2.15. The lowest BCUT2D eigenvalue weighted by Crippen LogP contribution is -2.35. The Bertz CT molecular complexity index is 501. The smallest absolute Gasteiger partial charge is 0.326 e. The first-order valence-corrected chi connectivity index (χ1v) is 4.21. The van der Waals surface area contributed by atoms with Crippen LogP contribution in [0.1, 0.15) is 10.5 Å². The number of carboxylic acid groups (broad SMARTS) is 1. The summed E-state index contributed by atoms with van der Waals surface area (Å²) in [5.41, 5.74) is -1.80. The van der Waals surface area contributed by atoms with Crippen LogP contribution in [0, 0.1) is 0 Å². The molecule has 0 saturated heterocycles. The largest absolute Gasteiger partial charge is 0.480 e. The molecular weight excluding hydrogens is 218 g/mol. The van der Waals surface area contributed by atoms with E-state index in [1.807, 2.05) is 4.98 Å². The Morgan fingerprint density at radius 1 is 1.38 bits per heavy atom. The summed E-state index contributed by atoms with van der Waals surface area (Å²) in [6.45, 7) is -0.520. The number of amides is 1. The van der Waals surface area contributed by atoms with Crippen LogP contribution in [0.25, 0.3) is 0 Å². The number of carbonyl (C=O) groups is 2. The average Bonchev–Trinajstić information content (AvgIpc) is 2.13. The number of rotatable bonds is 3. The van der Waals surface area contributed by atoms with Crippen molar-refractivity contribution >= 4 is 11.9 Å². The van der Waals surface area contributed by atoms with Crippen molar-refractivity contribution in [3.8, 4) is 0 Å². The average molecular weight is 227 g/mol. The zero-order valence-corrected chi connectivity index (χ0v) is 8.31. The number of nitrogens with zero attached hydrogens (tertiary/aromatic N) is 1. The molecule has 1 aromatic rings. The van der Waals surface area contributed by atoms with E-state index in [2.05, 4.69) is 4.98 Å². The fraction of sp³-hybridized carbons (Fsp3) is 0.250. The normalized spacial score (nSPS) is 9.81. The van der Waals surface area contributed by atoms with Crippen LogP contribution in [0.5, 0.6) is 0 Å². The van der Waals surface area contributed by atoms with Gasteiger partial charge in [0.15, 0.2) is 0 Å². The van der Waals surface area contributed by atoms with E-state index in [0.29, 0.717) is 0 Å². The van der Waals surface area contributed by atoms with E-state index >= 15 is 0 Å². The second-order valence-electron chi connectivity index (χ2n) is 3.06.